The molecule has 0 bridgehead atoms. The lowest BCUT2D eigenvalue weighted by Gasteiger charge is -2.40. The average molecular weight is 254 g/mol. The Morgan fingerprint density at radius 1 is 1.26 bits per heavy atom. The van der Waals surface area contributed by atoms with Crippen molar-refractivity contribution in [2.45, 2.75) is 38.1 Å². The minimum absolute atomic E-state index is 0.560. The number of para-hydroxylation sites is 1. The highest BCUT2D eigenvalue weighted by Crippen LogP contribution is 2.34. The highest BCUT2D eigenvalue weighted by Gasteiger charge is 2.27. The molecule has 0 spiro atoms. The lowest BCUT2D eigenvalue weighted by Crippen LogP contribution is -2.41. The second-order valence-corrected chi connectivity index (χ2v) is 5.58. The summed E-state index contributed by atoms with van der Waals surface area (Å²) in [5.41, 5.74) is 11.4. The number of hydrogen-bond donors (Lipinski definition) is 1. The van der Waals surface area contributed by atoms with Gasteiger partial charge in [-0.3, -0.25) is 0 Å². The average Bonchev–Trinajstić information content (AvgIpc) is 2.46. The van der Waals surface area contributed by atoms with Crippen LogP contribution in [0, 0.1) is 0 Å². The maximum atomic E-state index is 6.19. The first-order valence-corrected chi connectivity index (χ1v) is 7.24. The van der Waals surface area contributed by atoms with Crippen LogP contribution >= 0.6 is 0 Å². The van der Waals surface area contributed by atoms with Crippen LogP contribution in [0.3, 0.4) is 0 Å². The molecule has 2 heteroatoms. The molecule has 1 aliphatic carbocycles. The standard InChI is InChI=1S/C17H22N2/c1-2-13-9-10-15(12-16(13)18)19-11-5-7-14-6-3-4-8-17(14)19/h2-4,6,8,15H,1,5,7,9-12,18H2. The molecule has 0 radical (unpaired) electrons. The Kier molecular flexibility index (Phi) is 3.33. The van der Waals surface area contributed by atoms with Crippen LogP contribution < -0.4 is 10.6 Å². The van der Waals surface area contributed by atoms with Gasteiger partial charge in [-0.15, -0.1) is 0 Å². The van der Waals surface area contributed by atoms with Gasteiger partial charge in [0.25, 0.3) is 0 Å². The summed E-state index contributed by atoms with van der Waals surface area (Å²) in [6, 6.07) is 9.38. The van der Waals surface area contributed by atoms with E-state index in [2.05, 4.69) is 35.7 Å². The van der Waals surface area contributed by atoms with Gasteiger partial charge in [-0.25, -0.2) is 0 Å². The summed E-state index contributed by atoms with van der Waals surface area (Å²) in [5, 5.41) is 0. The molecule has 0 fully saturated rings. The van der Waals surface area contributed by atoms with Crippen molar-refractivity contribution >= 4 is 5.69 Å². The van der Waals surface area contributed by atoms with Gasteiger partial charge in [-0.1, -0.05) is 30.9 Å². The van der Waals surface area contributed by atoms with Crippen LogP contribution in [0.2, 0.25) is 0 Å². The molecule has 2 N–H and O–H groups in total. The Morgan fingerprint density at radius 2 is 2.11 bits per heavy atom. The van der Waals surface area contributed by atoms with Crippen LogP contribution in [0.15, 0.2) is 48.2 Å². The van der Waals surface area contributed by atoms with Gasteiger partial charge < -0.3 is 10.6 Å². The Hall–Kier alpha value is -1.70. The fourth-order valence-electron chi connectivity index (χ4n) is 3.41. The largest absolute Gasteiger partial charge is 0.402 e. The molecular weight excluding hydrogens is 232 g/mol. The summed E-state index contributed by atoms with van der Waals surface area (Å²) in [6.45, 7) is 5.02. The zero-order valence-corrected chi connectivity index (χ0v) is 11.4. The zero-order valence-electron chi connectivity index (χ0n) is 11.4. The van der Waals surface area contributed by atoms with Crippen LogP contribution in [0.4, 0.5) is 5.69 Å². The van der Waals surface area contributed by atoms with Gasteiger partial charge >= 0.3 is 0 Å². The summed E-state index contributed by atoms with van der Waals surface area (Å²) in [5.74, 6) is 0. The highest BCUT2D eigenvalue weighted by atomic mass is 15.2. The third kappa shape index (κ3) is 2.27. The van der Waals surface area contributed by atoms with Crippen LogP contribution in [-0.2, 0) is 6.42 Å². The third-order valence-corrected chi connectivity index (χ3v) is 4.45. The second-order valence-electron chi connectivity index (χ2n) is 5.58. The lowest BCUT2D eigenvalue weighted by atomic mass is 9.89. The second kappa shape index (κ2) is 5.12. The van der Waals surface area contributed by atoms with Crippen molar-refractivity contribution in [2.75, 3.05) is 11.4 Å². The molecule has 1 aromatic rings. The normalized spacial score (nSPS) is 23.2. The van der Waals surface area contributed by atoms with Gasteiger partial charge in [0.05, 0.1) is 0 Å². The van der Waals surface area contributed by atoms with Gasteiger partial charge in [-0.05, 0) is 42.9 Å². The van der Waals surface area contributed by atoms with Crippen molar-refractivity contribution in [3.8, 4) is 0 Å². The van der Waals surface area contributed by atoms with Gasteiger partial charge in [0.2, 0.25) is 0 Å². The minimum Gasteiger partial charge on any atom is -0.402 e. The molecule has 19 heavy (non-hydrogen) atoms. The first-order valence-electron chi connectivity index (χ1n) is 7.24. The van der Waals surface area contributed by atoms with E-state index in [1.807, 2.05) is 6.08 Å². The first-order chi connectivity index (χ1) is 9.29. The number of rotatable bonds is 2. The van der Waals surface area contributed by atoms with Crippen LogP contribution in [-0.4, -0.2) is 12.6 Å². The van der Waals surface area contributed by atoms with E-state index in [1.54, 1.807) is 0 Å². The van der Waals surface area contributed by atoms with Crippen LogP contribution in [0.5, 0.6) is 0 Å². The molecule has 3 rings (SSSR count). The molecule has 2 nitrogen and oxygen atoms in total. The predicted octanol–water partition coefficient (Wildman–Crippen LogP) is 3.39. The third-order valence-electron chi connectivity index (χ3n) is 4.45. The zero-order chi connectivity index (χ0) is 13.2. The quantitative estimate of drug-likeness (QED) is 0.876. The number of aryl methyl sites for hydroxylation is 1. The van der Waals surface area contributed by atoms with E-state index < -0.39 is 0 Å². The number of anilines is 1. The Bertz CT molecular complexity index is 516. The van der Waals surface area contributed by atoms with E-state index >= 15 is 0 Å². The Balaban J connectivity index is 1.85. The summed E-state index contributed by atoms with van der Waals surface area (Å²) < 4.78 is 0. The molecule has 0 amide bonds. The molecule has 0 saturated carbocycles. The molecule has 100 valence electrons. The molecule has 1 aliphatic heterocycles. The predicted molar refractivity (Wildman–Crippen MR) is 81.2 cm³/mol. The maximum absolute atomic E-state index is 6.19. The Labute approximate surface area is 115 Å². The smallest absolute Gasteiger partial charge is 0.0401 e. The lowest BCUT2D eigenvalue weighted by molar-refractivity contribution is 0.501. The van der Waals surface area contributed by atoms with Crippen molar-refractivity contribution in [3.63, 3.8) is 0 Å². The molecule has 1 unspecified atom stereocenters. The van der Waals surface area contributed by atoms with Crippen molar-refractivity contribution < 1.29 is 0 Å². The topological polar surface area (TPSA) is 29.3 Å². The summed E-state index contributed by atoms with van der Waals surface area (Å²) in [6.07, 6.45) is 7.63. The molecule has 1 heterocycles. The number of benzene rings is 1. The first kappa shape index (κ1) is 12.3. The highest BCUT2D eigenvalue weighted by molar-refractivity contribution is 5.56. The number of fused-ring (bicyclic) bond motifs is 1. The van der Waals surface area contributed by atoms with E-state index in [9.17, 15) is 0 Å². The van der Waals surface area contributed by atoms with Gasteiger partial charge in [0, 0.05) is 30.4 Å². The fraction of sp³-hybridized carbons (Fsp3) is 0.412. The van der Waals surface area contributed by atoms with Crippen molar-refractivity contribution in [3.05, 3.63) is 53.8 Å². The van der Waals surface area contributed by atoms with Crippen molar-refractivity contribution in [1.82, 2.24) is 0 Å². The fourth-order valence-corrected chi connectivity index (χ4v) is 3.41. The number of nitrogens with two attached hydrogens (primary N) is 1. The van der Waals surface area contributed by atoms with E-state index in [0.29, 0.717) is 6.04 Å². The van der Waals surface area contributed by atoms with Gasteiger partial charge in [0.15, 0.2) is 0 Å². The summed E-state index contributed by atoms with van der Waals surface area (Å²) in [4.78, 5) is 2.57. The molecular formula is C17H22N2. The van der Waals surface area contributed by atoms with Gasteiger partial charge in [0.1, 0.15) is 0 Å². The van der Waals surface area contributed by atoms with E-state index in [4.69, 9.17) is 5.73 Å². The monoisotopic (exact) mass is 254 g/mol. The molecule has 1 atom stereocenters. The van der Waals surface area contributed by atoms with Gasteiger partial charge in [-0.2, -0.15) is 0 Å². The Morgan fingerprint density at radius 3 is 2.89 bits per heavy atom. The van der Waals surface area contributed by atoms with Crippen LogP contribution in [0.1, 0.15) is 31.2 Å². The minimum atomic E-state index is 0.560. The summed E-state index contributed by atoms with van der Waals surface area (Å²) in [7, 11) is 0. The summed E-state index contributed by atoms with van der Waals surface area (Å²) >= 11 is 0. The molecule has 0 aromatic heterocycles. The SMILES string of the molecule is C=CC1=C(N)CC(N2CCCc3ccccc32)CC1. The van der Waals surface area contributed by atoms with E-state index in [0.717, 1.165) is 18.5 Å². The van der Waals surface area contributed by atoms with E-state index in [-0.39, 0.29) is 0 Å². The number of nitrogens with zero attached hydrogens (tertiary/aromatic N) is 1. The number of hydrogen-bond acceptors (Lipinski definition) is 2. The van der Waals surface area contributed by atoms with Crippen molar-refractivity contribution in [1.29, 1.82) is 0 Å². The molecule has 1 aromatic carbocycles. The number of allylic oxidation sites excluding steroid dienone is 2. The molecule has 0 saturated heterocycles. The molecule has 2 aliphatic rings. The van der Waals surface area contributed by atoms with Crippen molar-refractivity contribution in [2.24, 2.45) is 5.73 Å². The van der Waals surface area contributed by atoms with E-state index in [1.165, 1.54) is 42.6 Å². The van der Waals surface area contributed by atoms with Crippen LogP contribution in [0.25, 0.3) is 0 Å². The maximum Gasteiger partial charge on any atom is 0.0401 e.